The molecule has 0 aromatic rings. The van der Waals surface area contributed by atoms with E-state index in [9.17, 15) is 19.2 Å². The lowest BCUT2D eigenvalue weighted by molar-refractivity contribution is -0.298. The molecule has 0 spiro atoms. The fourth-order valence-corrected chi connectivity index (χ4v) is 3.24. The van der Waals surface area contributed by atoms with Gasteiger partial charge in [0.25, 0.3) is 0 Å². The molecule has 1 saturated heterocycles. The summed E-state index contributed by atoms with van der Waals surface area (Å²) in [6.45, 7) is 10.5. The zero-order chi connectivity index (χ0) is 21.6. The summed E-state index contributed by atoms with van der Waals surface area (Å²) in [7, 11) is -1.98. The highest BCUT2D eigenvalue weighted by Crippen LogP contribution is 2.30. The molecular weight excluding hydrogens is 392 g/mol. The van der Waals surface area contributed by atoms with Crippen molar-refractivity contribution in [3.8, 4) is 0 Å². The lowest BCUT2D eigenvalue weighted by atomic mass is 9.98. The molecule has 10 nitrogen and oxygen atoms in total. The second-order valence-electron chi connectivity index (χ2n) is 7.30. The lowest BCUT2D eigenvalue weighted by Crippen LogP contribution is -2.63. The van der Waals surface area contributed by atoms with Gasteiger partial charge in [-0.3, -0.25) is 19.2 Å². The first kappa shape index (κ1) is 24.1. The quantitative estimate of drug-likeness (QED) is 0.333. The highest BCUT2D eigenvalue weighted by atomic mass is 28.4. The molecule has 0 amide bonds. The minimum absolute atomic E-state index is 0.00398. The summed E-state index contributed by atoms with van der Waals surface area (Å²) in [6, 6.07) is 0. The van der Waals surface area contributed by atoms with Crippen LogP contribution in [0.15, 0.2) is 0 Å². The zero-order valence-electron chi connectivity index (χ0n) is 17.2. The topological polar surface area (TPSA) is 124 Å². The van der Waals surface area contributed by atoms with Crippen LogP contribution in [0.1, 0.15) is 27.7 Å². The van der Waals surface area contributed by atoms with Gasteiger partial charge in [0, 0.05) is 27.7 Å². The van der Waals surface area contributed by atoms with Gasteiger partial charge in [-0.2, -0.15) is 0 Å². The van der Waals surface area contributed by atoms with E-state index in [1.165, 1.54) is 6.92 Å². The summed E-state index contributed by atoms with van der Waals surface area (Å²) in [5, 5.41) is 0. The van der Waals surface area contributed by atoms with Crippen molar-refractivity contribution in [3.05, 3.63) is 0 Å². The molecule has 0 aromatic carbocycles. The Morgan fingerprint density at radius 1 is 0.714 bits per heavy atom. The van der Waals surface area contributed by atoms with E-state index < -0.39 is 62.9 Å². The van der Waals surface area contributed by atoms with Gasteiger partial charge in [-0.05, 0) is 19.6 Å². The van der Waals surface area contributed by atoms with Gasteiger partial charge in [0.05, 0.1) is 6.61 Å². The molecule has 1 aliphatic heterocycles. The smallest absolute Gasteiger partial charge is 0.305 e. The molecule has 1 unspecified atom stereocenters. The van der Waals surface area contributed by atoms with E-state index in [0.717, 1.165) is 20.8 Å². The Bertz CT molecular complexity index is 599. The van der Waals surface area contributed by atoms with Crippen LogP contribution in [-0.4, -0.2) is 69.5 Å². The molecule has 0 aliphatic carbocycles. The molecule has 1 aliphatic rings. The highest BCUT2D eigenvalue weighted by Gasteiger charge is 2.53. The summed E-state index contributed by atoms with van der Waals surface area (Å²) >= 11 is 0. The Balaban J connectivity index is 3.30. The van der Waals surface area contributed by atoms with Crippen LogP contribution in [-0.2, 0) is 47.3 Å². The molecule has 11 heteroatoms. The van der Waals surface area contributed by atoms with E-state index in [0.29, 0.717) is 0 Å². The Kier molecular flexibility index (Phi) is 8.58. The van der Waals surface area contributed by atoms with Crippen molar-refractivity contribution in [2.45, 2.75) is 78.0 Å². The van der Waals surface area contributed by atoms with E-state index in [1.54, 1.807) is 0 Å². The second kappa shape index (κ2) is 9.98. The highest BCUT2D eigenvalue weighted by molar-refractivity contribution is 6.69. The van der Waals surface area contributed by atoms with Gasteiger partial charge < -0.3 is 28.1 Å². The van der Waals surface area contributed by atoms with Gasteiger partial charge in [-0.15, -0.1) is 0 Å². The summed E-state index contributed by atoms with van der Waals surface area (Å²) in [5.41, 5.74) is 0. The van der Waals surface area contributed by atoms with Crippen LogP contribution < -0.4 is 0 Å². The molecular formula is C17H28O10Si. The van der Waals surface area contributed by atoms with E-state index in [2.05, 4.69) is 0 Å². The van der Waals surface area contributed by atoms with Gasteiger partial charge >= 0.3 is 23.9 Å². The largest absolute Gasteiger partial charge is 0.456 e. The molecule has 0 N–H and O–H groups in total. The van der Waals surface area contributed by atoms with E-state index in [4.69, 9.17) is 28.1 Å². The summed E-state index contributed by atoms with van der Waals surface area (Å²) in [4.78, 5) is 46.3. The van der Waals surface area contributed by atoms with Gasteiger partial charge in [-0.25, -0.2) is 0 Å². The number of carbonyl (C=O) groups excluding carboxylic acids is 4. The minimum atomic E-state index is -1.98. The summed E-state index contributed by atoms with van der Waals surface area (Å²) < 4.78 is 32.5. The molecule has 0 saturated carbocycles. The first-order chi connectivity index (χ1) is 12.8. The first-order valence-corrected chi connectivity index (χ1v) is 12.2. The fraction of sp³-hybridized carbons (Fsp3) is 0.765. The molecule has 28 heavy (non-hydrogen) atoms. The molecule has 0 bridgehead atoms. The van der Waals surface area contributed by atoms with Gasteiger partial charge in [-0.1, -0.05) is 0 Å². The van der Waals surface area contributed by atoms with Crippen molar-refractivity contribution in [2.75, 3.05) is 6.61 Å². The number of esters is 4. The van der Waals surface area contributed by atoms with Crippen molar-refractivity contribution >= 4 is 32.2 Å². The van der Waals surface area contributed by atoms with Crippen LogP contribution in [0.2, 0.25) is 19.6 Å². The molecule has 1 rings (SSSR count). The number of hydrogen-bond acceptors (Lipinski definition) is 10. The third kappa shape index (κ3) is 7.95. The monoisotopic (exact) mass is 420 g/mol. The van der Waals surface area contributed by atoms with Crippen LogP contribution in [0, 0.1) is 0 Å². The number of rotatable bonds is 7. The maximum atomic E-state index is 11.7. The van der Waals surface area contributed by atoms with Crippen molar-refractivity contribution in [1.29, 1.82) is 0 Å². The van der Waals surface area contributed by atoms with Crippen molar-refractivity contribution in [3.63, 3.8) is 0 Å². The van der Waals surface area contributed by atoms with Crippen molar-refractivity contribution in [2.24, 2.45) is 0 Å². The summed E-state index contributed by atoms with van der Waals surface area (Å²) in [6.07, 6.45) is -5.99. The van der Waals surface area contributed by atoms with Crippen LogP contribution in [0.5, 0.6) is 0 Å². The van der Waals surface area contributed by atoms with Gasteiger partial charge in [0.15, 0.2) is 20.5 Å². The second-order valence-corrected chi connectivity index (χ2v) is 11.8. The van der Waals surface area contributed by atoms with Crippen LogP contribution in [0.25, 0.3) is 0 Å². The Morgan fingerprint density at radius 2 is 1.14 bits per heavy atom. The Labute approximate surface area is 164 Å². The third-order valence-electron chi connectivity index (χ3n) is 3.46. The van der Waals surface area contributed by atoms with Crippen molar-refractivity contribution in [1.82, 2.24) is 0 Å². The minimum Gasteiger partial charge on any atom is -0.456 e. The van der Waals surface area contributed by atoms with Crippen LogP contribution in [0.4, 0.5) is 0 Å². The standard InChI is InChI=1S/C17H28O10Si/c1-9(18)23-14-13(8-22-28(5,6)7)27-17(26-12(4)21)16(25-11(3)20)15(14)24-10(2)19/h13-17H,8H2,1-7H3/t13-,14-,15+,16-,17?/m1/s1. The van der Waals surface area contributed by atoms with Crippen molar-refractivity contribution < 1.29 is 47.3 Å². The van der Waals surface area contributed by atoms with Gasteiger partial charge in [0.2, 0.25) is 12.4 Å². The first-order valence-electron chi connectivity index (χ1n) is 8.78. The predicted octanol–water partition coefficient (Wildman–Crippen LogP) is 0.921. The average molecular weight is 420 g/mol. The van der Waals surface area contributed by atoms with E-state index >= 15 is 0 Å². The maximum Gasteiger partial charge on any atom is 0.305 e. The normalized spacial score (nSPS) is 27.5. The van der Waals surface area contributed by atoms with Crippen LogP contribution >= 0.6 is 0 Å². The molecule has 160 valence electrons. The summed E-state index contributed by atoms with van der Waals surface area (Å²) in [5.74, 6) is -2.77. The lowest BCUT2D eigenvalue weighted by Gasteiger charge is -2.44. The molecule has 1 fully saturated rings. The number of hydrogen-bond donors (Lipinski definition) is 0. The Morgan fingerprint density at radius 3 is 1.57 bits per heavy atom. The Hall–Kier alpha value is -1.98. The SMILES string of the molecule is CC(=O)OC1O[C@H](CO[Si](C)(C)C)[C@@H](OC(C)=O)[C@H](OC(C)=O)[C@H]1OC(C)=O. The number of ether oxygens (including phenoxy) is 5. The van der Waals surface area contributed by atoms with E-state index in [1.807, 2.05) is 19.6 Å². The zero-order valence-corrected chi connectivity index (χ0v) is 18.2. The average Bonchev–Trinajstić information content (AvgIpc) is 2.48. The molecule has 0 radical (unpaired) electrons. The molecule has 0 aromatic heterocycles. The molecule has 5 atom stereocenters. The van der Waals surface area contributed by atoms with Crippen LogP contribution in [0.3, 0.4) is 0 Å². The number of carbonyl (C=O) groups is 4. The third-order valence-corrected chi connectivity index (χ3v) is 4.49. The molecule has 1 heterocycles. The maximum absolute atomic E-state index is 11.7. The predicted molar refractivity (Wildman–Crippen MR) is 96.4 cm³/mol. The fourth-order valence-electron chi connectivity index (χ4n) is 2.58. The van der Waals surface area contributed by atoms with Gasteiger partial charge in [0.1, 0.15) is 6.10 Å². The van der Waals surface area contributed by atoms with E-state index in [-0.39, 0.29) is 6.61 Å².